The number of anilines is 1. The maximum atomic E-state index is 13.1. The fourth-order valence-corrected chi connectivity index (χ4v) is 3.04. The highest BCUT2D eigenvalue weighted by Crippen LogP contribution is 2.31. The molecule has 6 nitrogen and oxygen atoms in total. The number of nitriles is 1. The highest BCUT2D eigenvalue weighted by atomic mass is 32.1. The van der Waals surface area contributed by atoms with Crippen molar-refractivity contribution < 1.29 is 23.5 Å². The summed E-state index contributed by atoms with van der Waals surface area (Å²) in [5.41, 5.74) is 6.51. The second kappa shape index (κ2) is 8.26. The third-order valence-electron chi connectivity index (χ3n) is 3.22. The average Bonchev–Trinajstić information content (AvgIpc) is 2.89. The number of esters is 2. The number of carbonyl (C=O) groups is 2. The average molecular weight is 362 g/mol. The number of nitrogens with two attached hydrogens (primary N) is 1. The number of hydrogen-bond acceptors (Lipinski definition) is 7. The summed E-state index contributed by atoms with van der Waals surface area (Å²) < 4.78 is 23.2. The lowest BCUT2D eigenvalue weighted by atomic mass is 10.1. The Hall–Kier alpha value is -2.92. The Kier molecular flexibility index (Phi) is 6.08. The minimum atomic E-state index is -0.628. The molecule has 0 aliphatic heterocycles. The van der Waals surface area contributed by atoms with Crippen molar-refractivity contribution in [2.24, 2.45) is 0 Å². The van der Waals surface area contributed by atoms with Crippen LogP contribution in [-0.4, -0.2) is 18.5 Å². The quantitative estimate of drug-likeness (QED) is 0.793. The fourth-order valence-electron chi connectivity index (χ4n) is 2.12. The van der Waals surface area contributed by atoms with Gasteiger partial charge in [0, 0.05) is 5.56 Å². The van der Waals surface area contributed by atoms with Crippen LogP contribution in [0.5, 0.6) is 0 Å². The second-order valence-electron chi connectivity index (χ2n) is 4.95. The molecule has 0 atom stereocenters. The number of rotatable bonds is 6. The first kappa shape index (κ1) is 18.4. The van der Waals surface area contributed by atoms with E-state index in [1.807, 2.05) is 6.07 Å². The van der Waals surface area contributed by atoms with Gasteiger partial charge in [-0.15, -0.1) is 11.3 Å². The summed E-state index contributed by atoms with van der Waals surface area (Å²) in [5, 5.41) is 9.35. The smallest absolute Gasteiger partial charge is 0.348 e. The van der Waals surface area contributed by atoms with Crippen LogP contribution in [0.3, 0.4) is 0 Å². The van der Waals surface area contributed by atoms with E-state index in [4.69, 9.17) is 15.2 Å². The summed E-state index contributed by atoms with van der Waals surface area (Å²) in [6, 6.07) is 7.49. The van der Waals surface area contributed by atoms with Crippen LogP contribution >= 0.6 is 11.3 Å². The lowest BCUT2D eigenvalue weighted by Gasteiger charge is -2.07. The van der Waals surface area contributed by atoms with E-state index in [9.17, 15) is 19.2 Å². The van der Waals surface area contributed by atoms with Crippen molar-refractivity contribution in [2.75, 3.05) is 12.3 Å². The normalized spacial score (nSPS) is 10.1. The van der Waals surface area contributed by atoms with Crippen LogP contribution < -0.4 is 5.73 Å². The molecule has 0 amide bonds. The maximum absolute atomic E-state index is 13.1. The number of ether oxygens (including phenoxy) is 2. The van der Waals surface area contributed by atoms with E-state index in [1.165, 1.54) is 18.2 Å². The molecule has 0 aliphatic carbocycles. The lowest BCUT2D eigenvalue weighted by Crippen LogP contribution is -2.11. The molecule has 0 aliphatic rings. The molecule has 25 heavy (non-hydrogen) atoms. The molecule has 8 heteroatoms. The van der Waals surface area contributed by atoms with Gasteiger partial charge in [0.05, 0.1) is 18.6 Å². The SMILES string of the molecule is CCOC(=O)c1sc(N)c(C#N)c1COC(=O)Cc1cccc(F)c1. The van der Waals surface area contributed by atoms with E-state index in [1.54, 1.807) is 13.0 Å². The van der Waals surface area contributed by atoms with Crippen molar-refractivity contribution in [1.29, 1.82) is 5.26 Å². The molecule has 2 aromatic rings. The maximum Gasteiger partial charge on any atom is 0.348 e. The third-order valence-corrected chi connectivity index (χ3v) is 4.26. The van der Waals surface area contributed by atoms with E-state index >= 15 is 0 Å². The molecule has 1 heterocycles. The van der Waals surface area contributed by atoms with Gasteiger partial charge in [-0.25, -0.2) is 9.18 Å². The largest absolute Gasteiger partial charge is 0.462 e. The van der Waals surface area contributed by atoms with Crippen molar-refractivity contribution >= 4 is 28.3 Å². The zero-order valence-corrected chi connectivity index (χ0v) is 14.2. The number of carbonyl (C=O) groups excluding carboxylic acids is 2. The third kappa shape index (κ3) is 4.55. The molecule has 0 fully saturated rings. The molecular formula is C17H15FN2O4S. The molecule has 0 bridgehead atoms. The highest BCUT2D eigenvalue weighted by molar-refractivity contribution is 7.18. The van der Waals surface area contributed by atoms with Gasteiger partial charge >= 0.3 is 11.9 Å². The van der Waals surface area contributed by atoms with Crippen LogP contribution in [-0.2, 0) is 27.3 Å². The molecule has 130 valence electrons. The first-order chi connectivity index (χ1) is 12.0. The monoisotopic (exact) mass is 362 g/mol. The number of hydrogen-bond donors (Lipinski definition) is 1. The summed E-state index contributed by atoms with van der Waals surface area (Å²) in [5.74, 6) is -1.70. The topological polar surface area (TPSA) is 102 Å². The molecular weight excluding hydrogens is 347 g/mol. The van der Waals surface area contributed by atoms with Crippen molar-refractivity contribution in [2.45, 2.75) is 20.0 Å². The molecule has 0 unspecified atom stereocenters. The Labute approximate surface area is 147 Å². The van der Waals surface area contributed by atoms with E-state index < -0.39 is 17.8 Å². The predicted octanol–water partition coefficient (Wildman–Crippen LogP) is 2.80. The predicted molar refractivity (Wildman–Crippen MR) is 89.3 cm³/mol. The number of nitrogens with zero attached hydrogens (tertiary/aromatic N) is 1. The molecule has 2 N–H and O–H groups in total. The number of benzene rings is 1. The molecule has 1 aromatic carbocycles. The highest BCUT2D eigenvalue weighted by Gasteiger charge is 2.23. The van der Waals surface area contributed by atoms with Gasteiger partial charge in [0.2, 0.25) is 0 Å². The van der Waals surface area contributed by atoms with Gasteiger partial charge < -0.3 is 15.2 Å². The molecule has 0 spiro atoms. The Balaban J connectivity index is 2.12. The minimum Gasteiger partial charge on any atom is -0.462 e. The molecule has 0 radical (unpaired) electrons. The van der Waals surface area contributed by atoms with Gasteiger partial charge in [-0.3, -0.25) is 4.79 Å². The first-order valence-corrected chi connectivity index (χ1v) is 8.16. The Bertz CT molecular complexity index is 842. The van der Waals surface area contributed by atoms with Crippen molar-refractivity contribution in [3.05, 3.63) is 51.7 Å². The van der Waals surface area contributed by atoms with Crippen molar-refractivity contribution in [1.82, 2.24) is 0 Å². The van der Waals surface area contributed by atoms with E-state index in [2.05, 4.69) is 0 Å². The molecule has 2 rings (SSSR count). The van der Waals surface area contributed by atoms with Gasteiger partial charge in [-0.1, -0.05) is 12.1 Å². The van der Waals surface area contributed by atoms with E-state index in [-0.39, 0.29) is 40.6 Å². The first-order valence-electron chi connectivity index (χ1n) is 7.34. The molecule has 0 saturated carbocycles. The van der Waals surface area contributed by atoms with Gasteiger partial charge in [0.15, 0.2) is 0 Å². The van der Waals surface area contributed by atoms with Gasteiger partial charge in [0.25, 0.3) is 0 Å². The number of thiophene rings is 1. The zero-order valence-electron chi connectivity index (χ0n) is 13.4. The minimum absolute atomic E-state index is 0.0895. The molecule has 1 aromatic heterocycles. The Morgan fingerprint density at radius 2 is 2.12 bits per heavy atom. The van der Waals surface area contributed by atoms with Gasteiger partial charge in [-0.05, 0) is 24.6 Å². The fraction of sp³-hybridized carbons (Fsp3) is 0.235. The summed E-state index contributed by atoms with van der Waals surface area (Å²) in [6.07, 6.45) is -0.131. The molecule has 0 saturated heterocycles. The summed E-state index contributed by atoms with van der Waals surface area (Å²) in [4.78, 5) is 24.0. The zero-order chi connectivity index (χ0) is 18.4. The van der Waals surface area contributed by atoms with E-state index in [0.29, 0.717) is 5.56 Å². The lowest BCUT2D eigenvalue weighted by molar-refractivity contribution is -0.144. The number of halogens is 1. The summed E-state index contributed by atoms with van der Waals surface area (Å²) in [7, 11) is 0. The van der Waals surface area contributed by atoms with Gasteiger partial charge in [-0.2, -0.15) is 5.26 Å². The van der Waals surface area contributed by atoms with Crippen molar-refractivity contribution in [3.63, 3.8) is 0 Å². The van der Waals surface area contributed by atoms with Crippen LogP contribution in [0.1, 0.15) is 33.3 Å². The van der Waals surface area contributed by atoms with Gasteiger partial charge in [0.1, 0.15) is 28.4 Å². The van der Waals surface area contributed by atoms with Crippen LogP contribution in [0.2, 0.25) is 0 Å². The Morgan fingerprint density at radius 1 is 1.36 bits per heavy atom. The second-order valence-corrected chi connectivity index (χ2v) is 6.00. The summed E-state index contributed by atoms with van der Waals surface area (Å²) >= 11 is 0.911. The van der Waals surface area contributed by atoms with Crippen LogP contribution in [0.4, 0.5) is 9.39 Å². The van der Waals surface area contributed by atoms with Crippen LogP contribution in [0.25, 0.3) is 0 Å². The Morgan fingerprint density at radius 3 is 2.76 bits per heavy atom. The van der Waals surface area contributed by atoms with E-state index in [0.717, 1.165) is 11.3 Å². The summed E-state index contributed by atoms with van der Waals surface area (Å²) in [6.45, 7) is 1.52. The van der Waals surface area contributed by atoms with Crippen LogP contribution in [0, 0.1) is 17.1 Å². The number of nitrogen functional groups attached to an aromatic ring is 1. The standard InChI is InChI=1S/C17H15FN2O4S/c1-2-23-17(22)15-13(12(8-19)16(20)25-15)9-24-14(21)7-10-4-3-5-11(18)6-10/h3-6H,2,7,9,20H2,1H3. The van der Waals surface area contributed by atoms with Crippen molar-refractivity contribution in [3.8, 4) is 6.07 Å². The van der Waals surface area contributed by atoms with Crippen LogP contribution in [0.15, 0.2) is 24.3 Å².